The number of ketones is 2. The Balaban J connectivity index is 0. The van der Waals surface area contributed by atoms with Crippen LogP contribution < -0.4 is 0 Å². The molecular formula is C10H18MnO2. The Hall–Kier alpha value is -0.141. The summed E-state index contributed by atoms with van der Waals surface area (Å²) < 4.78 is 0. The molecule has 0 N–H and O–H groups in total. The maximum Gasteiger partial charge on any atom is 0.198 e. The Morgan fingerprint density at radius 3 is 2.00 bits per heavy atom. The van der Waals surface area contributed by atoms with Crippen LogP contribution in [0.3, 0.4) is 0 Å². The molecule has 0 aromatic rings. The summed E-state index contributed by atoms with van der Waals surface area (Å²) in [5.74, 6) is -0.517. The normalized spacial score (nSPS) is 9.08. The van der Waals surface area contributed by atoms with Gasteiger partial charge in [-0.15, -0.1) is 0 Å². The predicted octanol–water partition coefficient (Wildman–Crippen LogP) is 2.50. The van der Waals surface area contributed by atoms with E-state index in [2.05, 4.69) is 6.92 Å². The van der Waals surface area contributed by atoms with E-state index in [1.165, 1.54) is 26.2 Å². The van der Waals surface area contributed by atoms with Crippen molar-refractivity contribution in [1.29, 1.82) is 0 Å². The minimum absolute atomic E-state index is 0. The molecule has 0 rings (SSSR count). The average Bonchev–Trinajstić information content (AvgIpc) is 2.03. The molecule has 0 heterocycles. The third-order valence-electron chi connectivity index (χ3n) is 1.90. The van der Waals surface area contributed by atoms with Gasteiger partial charge in [-0.25, -0.2) is 0 Å². The molecular weight excluding hydrogens is 207 g/mol. The van der Waals surface area contributed by atoms with Gasteiger partial charge in [0.1, 0.15) is 0 Å². The molecule has 0 spiro atoms. The van der Waals surface area contributed by atoms with E-state index in [0.717, 1.165) is 12.8 Å². The Morgan fingerprint density at radius 1 is 1.00 bits per heavy atom. The first-order valence-electron chi connectivity index (χ1n) is 4.72. The molecule has 3 heteroatoms. The van der Waals surface area contributed by atoms with E-state index in [4.69, 9.17) is 0 Å². The maximum atomic E-state index is 10.8. The average molecular weight is 225 g/mol. The maximum absolute atomic E-state index is 10.8. The first-order chi connectivity index (χ1) is 5.68. The van der Waals surface area contributed by atoms with Crippen LogP contribution in [0, 0.1) is 0 Å². The van der Waals surface area contributed by atoms with Crippen LogP contribution in [-0.2, 0) is 26.7 Å². The number of hydrogen-bond acceptors (Lipinski definition) is 2. The number of unbranched alkanes of at least 4 members (excludes halogenated alkanes) is 4. The van der Waals surface area contributed by atoms with Crippen molar-refractivity contribution in [3.05, 3.63) is 0 Å². The van der Waals surface area contributed by atoms with Gasteiger partial charge < -0.3 is 0 Å². The fourth-order valence-electron chi connectivity index (χ4n) is 1.07. The standard InChI is InChI=1S/C10H18O2.Mn/c1-3-4-5-6-7-8-10(12)9(2)11;/h3-8H2,1-2H3;. The number of rotatable bonds is 7. The van der Waals surface area contributed by atoms with Gasteiger partial charge in [-0.3, -0.25) is 9.59 Å². The summed E-state index contributed by atoms with van der Waals surface area (Å²) in [5.41, 5.74) is 0. The summed E-state index contributed by atoms with van der Waals surface area (Å²) >= 11 is 0. The van der Waals surface area contributed by atoms with Crippen LogP contribution in [0.15, 0.2) is 0 Å². The summed E-state index contributed by atoms with van der Waals surface area (Å²) in [4.78, 5) is 21.3. The van der Waals surface area contributed by atoms with Crippen molar-refractivity contribution in [2.75, 3.05) is 0 Å². The molecule has 77 valence electrons. The van der Waals surface area contributed by atoms with Crippen LogP contribution in [0.25, 0.3) is 0 Å². The van der Waals surface area contributed by atoms with Crippen LogP contribution in [0.2, 0.25) is 0 Å². The van der Waals surface area contributed by atoms with Crippen LogP contribution >= 0.6 is 0 Å². The van der Waals surface area contributed by atoms with Crippen molar-refractivity contribution in [2.24, 2.45) is 0 Å². The Morgan fingerprint density at radius 2 is 1.54 bits per heavy atom. The fourth-order valence-corrected chi connectivity index (χ4v) is 1.07. The van der Waals surface area contributed by atoms with Crippen molar-refractivity contribution in [3.8, 4) is 0 Å². The number of hydrogen-bond donors (Lipinski definition) is 0. The molecule has 1 radical (unpaired) electrons. The molecule has 0 aromatic heterocycles. The van der Waals surface area contributed by atoms with Gasteiger partial charge in [0.15, 0.2) is 11.6 Å². The van der Waals surface area contributed by atoms with Crippen molar-refractivity contribution < 1.29 is 26.7 Å². The second-order valence-electron chi connectivity index (χ2n) is 3.14. The van der Waals surface area contributed by atoms with E-state index in [1.54, 1.807) is 0 Å². The predicted molar refractivity (Wildman–Crippen MR) is 49.1 cm³/mol. The van der Waals surface area contributed by atoms with Crippen LogP contribution in [0.5, 0.6) is 0 Å². The summed E-state index contributed by atoms with van der Waals surface area (Å²) in [6.07, 6.45) is 6.01. The van der Waals surface area contributed by atoms with E-state index in [9.17, 15) is 9.59 Å². The van der Waals surface area contributed by atoms with Crippen molar-refractivity contribution >= 4 is 11.6 Å². The summed E-state index contributed by atoms with van der Waals surface area (Å²) in [5, 5.41) is 0. The van der Waals surface area contributed by atoms with Crippen LogP contribution in [0.1, 0.15) is 52.4 Å². The van der Waals surface area contributed by atoms with Crippen molar-refractivity contribution in [1.82, 2.24) is 0 Å². The molecule has 0 bridgehead atoms. The Bertz CT molecular complexity index is 155. The smallest absolute Gasteiger partial charge is 0.198 e. The zero-order valence-electron chi connectivity index (χ0n) is 8.44. The van der Waals surface area contributed by atoms with E-state index in [-0.39, 0.29) is 28.6 Å². The van der Waals surface area contributed by atoms with Gasteiger partial charge in [0, 0.05) is 30.4 Å². The zero-order valence-corrected chi connectivity index (χ0v) is 9.62. The second kappa shape index (κ2) is 9.94. The molecule has 0 unspecified atom stereocenters. The monoisotopic (exact) mass is 225 g/mol. The van der Waals surface area contributed by atoms with Gasteiger partial charge in [0.2, 0.25) is 0 Å². The zero-order chi connectivity index (χ0) is 9.40. The topological polar surface area (TPSA) is 34.1 Å². The minimum Gasteiger partial charge on any atom is -0.291 e. The Kier molecular flexibility index (Phi) is 11.7. The molecule has 0 aliphatic rings. The molecule has 0 saturated heterocycles. The number of carbonyl (C=O) groups excluding carboxylic acids is 2. The molecule has 0 aromatic carbocycles. The summed E-state index contributed by atoms with van der Waals surface area (Å²) in [6, 6.07) is 0. The molecule has 2 nitrogen and oxygen atoms in total. The minimum atomic E-state index is -0.300. The summed E-state index contributed by atoms with van der Waals surface area (Å²) in [6.45, 7) is 3.50. The third-order valence-corrected chi connectivity index (χ3v) is 1.90. The van der Waals surface area contributed by atoms with Crippen LogP contribution in [-0.4, -0.2) is 11.6 Å². The SMILES string of the molecule is CCCCCCCC(=O)C(C)=O.[Mn]. The quantitative estimate of drug-likeness (QED) is 0.379. The first-order valence-corrected chi connectivity index (χ1v) is 4.72. The van der Waals surface area contributed by atoms with E-state index < -0.39 is 0 Å². The van der Waals surface area contributed by atoms with E-state index in [0.29, 0.717) is 6.42 Å². The van der Waals surface area contributed by atoms with Gasteiger partial charge >= 0.3 is 0 Å². The molecule has 0 amide bonds. The summed E-state index contributed by atoms with van der Waals surface area (Å²) in [7, 11) is 0. The van der Waals surface area contributed by atoms with Crippen LogP contribution in [0.4, 0.5) is 0 Å². The molecule has 0 aliphatic carbocycles. The molecule has 0 aliphatic heterocycles. The molecule has 0 atom stereocenters. The second-order valence-corrected chi connectivity index (χ2v) is 3.14. The molecule has 0 fully saturated rings. The van der Waals surface area contributed by atoms with Gasteiger partial charge in [-0.05, 0) is 6.42 Å². The van der Waals surface area contributed by atoms with Crippen molar-refractivity contribution in [2.45, 2.75) is 52.4 Å². The first kappa shape index (κ1) is 15.3. The molecule has 0 saturated carbocycles. The van der Waals surface area contributed by atoms with Gasteiger partial charge in [-0.2, -0.15) is 0 Å². The van der Waals surface area contributed by atoms with Gasteiger partial charge in [0.25, 0.3) is 0 Å². The number of Topliss-reactive ketones (excluding diaryl/α,β-unsaturated/α-hetero) is 2. The van der Waals surface area contributed by atoms with Gasteiger partial charge in [0.05, 0.1) is 0 Å². The van der Waals surface area contributed by atoms with E-state index >= 15 is 0 Å². The molecule has 13 heavy (non-hydrogen) atoms. The largest absolute Gasteiger partial charge is 0.291 e. The fraction of sp³-hybridized carbons (Fsp3) is 0.800. The number of carbonyl (C=O) groups is 2. The van der Waals surface area contributed by atoms with Gasteiger partial charge in [-0.1, -0.05) is 32.6 Å². The Labute approximate surface area is 90.9 Å². The van der Waals surface area contributed by atoms with Crippen molar-refractivity contribution in [3.63, 3.8) is 0 Å². The van der Waals surface area contributed by atoms with E-state index in [1.807, 2.05) is 0 Å². The third kappa shape index (κ3) is 9.78.